The molecule has 0 aliphatic carbocycles. The molecule has 1 atom stereocenters. The van der Waals surface area contributed by atoms with Gasteiger partial charge in [0, 0.05) is 5.56 Å². The van der Waals surface area contributed by atoms with E-state index in [-0.39, 0.29) is 29.8 Å². The maximum absolute atomic E-state index is 13.7. The molecule has 2 rings (SSSR count). The smallest absolute Gasteiger partial charge is 0.165 e. The lowest BCUT2D eigenvalue weighted by molar-refractivity contribution is -0.0330. The van der Waals surface area contributed by atoms with Gasteiger partial charge in [0.25, 0.3) is 0 Å². The lowest BCUT2D eigenvalue weighted by Gasteiger charge is -2.19. The first kappa shape index (κ1) is 14.8. The first-order valence-corrected chi connectivity index (χ1v) is 6.79. The molecule has 1 heterocycles. The molecule has 1 aliphatic rings. The van der Waals surface area contributed by atoms with Gasteiger partial charge in [0.15, 0.2) is 11.6 Å². The standard InChI is InChI=1S/C16H20FNO2/c1-16(2)8-7-13(20-16)11-19-15-10-12(4-3-9-18)5-6-14(15)17/h5-6,10,13H,7-9,11,18H2,1-2H3. The van der Waals surface area contributed by atoms with Crippen LogP contribution in [0.4, 0.5) is 4.39 Å². The van der Waals surface area contributed by atoms with E-state index in [4.69, 9.17) is 15.2 Å². The van der Waals surface area contributed by atoms with Crippen LogP contribution in [-0.2, 0) is 4.74 Å². The molecule has 0 aromatic heterocycles. The predicted molar refractivity (Wildman–Crippen MR) is 76.0 cm³/mol. The average molecular weight is 277 g/mol. The Morgan fingerprint density at radius 1 is 1.50 bits per heavy atom. The zero-order valence-electron chi connectivity index (χ0n) is 11.9. The van der Waals surface area contributed by atoms with Crippen LogP contribution in [0.3, 0.4) is 0 Å². The summed E-state index contributed by atoms with van der Waals surface area (Å²) in [7, 11) is 0. The number of hydrogen-bond acceptors (Lipinski definition) is 3. The van der Waals surface area contributed by atoms with Gasteiger partial charge in [-0.15, -0.1) is 0 Å². The Kier molecular flexibility index (Phi) is 4.64. The first-order chi connectivity index (χ1) is 9.50. The molecule has 1 aromatic rings. The summed E-state index contributed by atoms with van der Waals surface area (Å²) in [5, 5.41) is 0. The summed E-state index contributed by atoms with van der Waals surface area (Å²) in [4.78, 5) is 0. The van der Waals surface area contributed by atoms with Gasteiger partial charge < -0.3 is 15.2 Å². The topological polar surface area (TPSA) is 44.5 Å². The number of ether oxygens (including phenoxy) is 2. The Morgan fingerprint density at radius 2 is 2.30 bits per heavy atom. The van der Waals surface area contributed by atoms with E-state index < -0.39 is 0 Å². The minimum atomic E-state index is -0.388. The van der Waals surface area contributed by atoms with Crippen LogP contribution in [0.1, 0.15) is 32.3 Å². The van der Waals surface area contributed by atoms with Crippen LogP contribution in [0.5, 0.6) is 5.75 Å². The molecule has 1 unspecified atom stereocenters. The quantitative estimate of drug-likeness (QED) is 0.863. The van der Waals surface area contributed by atoms with Crippen molar-refractivity contribution in [1.29, 1.82) is 0 Å². The summed E-state index contributed by atoms with van der Waals surface area (Å²) in [6, 6.07) is 4.56. The molecule has 0 bridgehead atoms. The normalized spacial score (nSPS) is 20.3. The van der Waals surface area contributed by atoms with E-state index in [1.54, 1.807) is 12.1 Å². The van der Waals surface area contributed by atoms with Gasteiger partial charge >= 0.3 is 0 Å². The molecule has 3 nitrogen and oxygen atoms in total. The molecule has 4 heteroatoms. The summed E-state index contributed by atoms with van der Waals surface area (Å²) < 4.78 is 25.0. The van der Waals surface area contributed by atoms with E-state index in [1.807, 2.05) is 0 Å². The third kappa shape index (κ3) is 3.96. The summed E-state index contributed by atoms with van der Waals surface area (Å²) >= 11 is 0. The van der Waals surface area contributed by atoms with Crippen molar-refractivity contribution in [2.45, 2.75) is 38.4 Å². The molecule has 0 spiro atoms. The lowest BCUT2D eigenvalue weighted by atomic mass is 10.1. The summed E-state index contributed by atoms with van der Waals surface area (Å²) in [6.45, 7) is 4.74. The van der Waals surface area contributed by atoms with E-state index in [0.717, 1.165) is 12.8 Å². The van der Waals surface area contributed by atoms with Crippen molar-refractivity contribution < 1.29 is 13.9 Å². The van der Waals surface area contributed by atoms with Gasteiger partial charge in [0.2, 0.25) is 0 Å². The Morgan fingerprint density at radius 3 is 2.95 bits per heavy atom. The van der Waals surface area contributed by atoms with Gasteiger partial charge in [0.1, 0.15) is 6.61 Å². The fourth-order valence-electron chi connectivity index (χ4n) is 2.22. The molecule has 0 radical (unpaired) electrons. The molecule has 1 aromatic carbocycles. The highest BCUT2D eigenvalue weighted by Crippen LogP contribution is 2.30. The van der Waals surface area contributed by atoms with Crippen LogP contribution in [-0.4, -0.2) is 24.9 Å². The summed E-state index contributed by atoms with van der Waals surface area (Å²) in [5.74, 6) is 5.42. The highest BCUT2D eigenvalue weighted by atomic mass is 19.1. The van der Waals surface area contributed by atoms with Gasteiger partial charge in [-0.1, -0.05) is 11.8 Å². The second-order valence-electron chi connectivity index (χ2n) is 5.50. The Hall–Kier alpha value is -1.57. The Labute approximate surface area is 119 Å². The van der Waals surface area contributed by atoms with Crippen LogP contribution >= 0.6 is 0 Å². The van der Waals surface area contributed by atoms with Gasteiger partial charge in [-0.3, -0.25) is 0 Å². The molecule has 0 saturated carbocycles. The van der Waals surface area contributed by atoms with Crippen LogP contribution in [0, 0.1) is 17.7 Å². The van der Waals surface area contributed by atoms with Crippen LogP contribution in [0.25, 0.3) is 0 Å². The summed E-state index contributed by atoms with van der Waals surface area (Å²) in [5.41, 5.74) is 5.90. The van der Waals surface area contributed by atoms with Crippen LogP contribution in [0.15, 0.2) is 18.2 Å². The predicted octanol–water partition coefficient (Wildman–Crippen LogP) is 2.47. The number of hydrogen-bond donors (Lipinski definition) is 1. The first-order valence-electron chi connectivity index (χ1n) is 6.79. The Bertz CT molecular complexity index is 531. The van der Waals surface area contributed by atoms with Crippen molar-refractivity contribution >= 4 is 0 Å². The zero-order chi connectivity index (χ0) is 14.6. The van der Waals surface area contributed by atoms with E-state index in [1.165, 1.54) is 6.07 Å². The monoisotopic (exact) mass is 277 g/mol. The fourth-order valence-corrected chi connectivity index (χ4v) is 2.22. The second kappa shape index (κ2) is 6.25. The van der Waals surface area contributed by atoms with Gasteiger partial charge in [-0.25, -0.2) is 4.39 Å². The highest BCUT2D eigenvalue weighted by molar-refractivity contribution is 5.40. The molecule has 108 valence electrons. The molecule has 1 fully saturated rings. The van der Waals surface area contributed by atoms with E-state index >= 15 is 0 Å². The van der Waals surface area contributed by atoms with Crippen molar-refractivity contribution in [3.05, 3.63) is 29.6 Å². The van der Waals surface area contributed by atoms with Gasteiger partial charge in [-0.2, -0.15) is 0 Å². The average Bonchev–Trinajstić information content (AvgIpc) is 2.76. The Balaban J connectivity index is 1.98. The SMILES string of the molecule is CC1(C)CCC(COc2cc(C#CCN)ccc2F)O1. The molecule has 0 amide bonds. The van der Waals surface area contributed by atoms with Gasteiger partial charge in [-0.05, 0) is 44.9 Å². The molecular weight excluding hydrogens is 257 g/mol. The van der Waals surface area contributed by atoms with Crippen molar-refractivity contribution in [3.8, 4) is 17.6 Å². The number of benzene rings is 1. The molecule has 1 saturated heterocycles. The van der Waals surface area contributed by atoms with E-state index in [9.17, 15) is 4.39 Å². The van der Waals surface area contributed by atoms with Gasteiger partial charge in [0.05, 0.1) is 18.2 Å². The number of nitrogens with two attached hydrogens (primary N) is 1. The van der Waals surface area contributed by atoms with Crippen molar-refractivity contribution in [3.63, 3.8) is 0 Å². The molecule has 20 heavy (non-hydrogen) atoms. The summed E-state index contributed by atoms with van der Waals surface area (Å²) in [6.07, 6.45) is 1.94. The van der Waals surface area contributed by atoms with Crippen LogP contribution < -0.4 is 10.5 Å². The highest BCUT2D eigenvalue weighted by Gasteiger charge is 2.32. The third-order valence-corrected chi connectivity index (χ3v) is 3.24. The molecular formula is C16H20FNO2. The number of halogens is 1. The zero-order valence-corrected chi connectivity index (χ0v) is 11.9. The maximum Gasteiger partial charge on any atom is 0.165 e. The van der Waals surface area contributed by atoms with E-state index in [0.29, 0.717) is 12.2 Å². The second-order valence-corrected chi connectivity index (χ2v) is 5.50. The third-order valence-electron chi connectivity index (χ3n) is 3.24. The minimum absolute atomic E-state index is 0.0168. The lowest BCUT2D eigenvalue weighted by Crippen LogP contribution is -2.24. The fraction of sp³-hybridized carbons (Fsp3) is 0.500. The number of rotatable bonds is 3. The molecule has 2 N–H and O–H groups in total. The van der Waals surface area contributed by atoms with Crippen molar-refractivity contribution in [2.75, 3.05) is 13.2 Å². The van der Waals surface area contributed by atoms with Crippen molar-refractivity contribution in [2.24, 2.45) is 5.73 Å². The van der Waals surface area contributed by atoms with Crippen LogP contribution in [0.2, 0.25) is 0 Å². The van der Waals surface area contributed by atoms with Crippen molar-refractivity contribution in [1.82, 2.24) is 0 Å². The molecule has 1 aliphatic heterocycles. The van der Waals surface area contributed by atoms with E-state index in [2.05, 4.69) is 25.7 Å². The minimum Gasteiger partial charge on any atom is -0.488 e. The largest absolute Gasteiger partial charge is 0.488 e. The maximum atomic E-state index is 13.7.